The van der Waals surface area contributed by atoms with E-state index in [1.807, 2.05) is 25.7 Å². The van der Waals surface area contributed by atoms with E-state index < -0.39 is 5.60 Å². The number of ether oxygens (including phenoxy) is 1. The van der Waals surface area contributed by atoms with Crippen LogP contribution in [0.4, 0.5) is 4.79 Å². The molecule has 1 aliphatic rings. The van der Waals surface area contributed by atoms with Crippen molar-refractivity contribution >= 4 is 12.1 Å². The Morgan fingerprint density at radius 3 is 2.21 bits per heavy atom. The molecule has 6 heteroatoms. The van der Waals surface area contributed by atoms with Crippen LogP contribution in [0.1, 0.15) is 61.3 Å². The first kappa shape index (κ1) is 20.6. The predicted octanol–water partition coefficient (Wildman–Crippen LogP) is 2.99. The highest BCUT2D eigenvalue weighted by Crippen LogP contribution is 2.20. The topological polar surface area (TPSA) is 66.0 Å². The SMILES string of the molecule is CCNC(=NCC1CCN(C(=O)OC(C)(C)C)CC1)NC(C)(C)C. The number of guanidine groups is 1. The first-order valence-electron chi connectivity index (χ1n) is 9.04. The zero-order valence-electron chi connectivity index (χ0n) is 16.5. The Morgan fingerprint density at radius 1 is 1.17 bits per heavy atom. The summed E-state index contributed by atoms with van der Waals surface area (Å²) < 4.78 is 5.44. The van der Waals surface area contributed by atoms with Gasteiger partial charge in [-0.05, 0) is 67.2 Å². The van der Waals surface area contributed by atoms with E-state index in [1.54, 1.807) is 0 Å². The fraction of sp³-hybridized carbons (Fsp3) is 0.889. The second-order valence-electron chi connectivity index (χ2n) is 8.51. The van der Waals surface area contributed by atoms with Gasteiger partial charge in [0.05, 0.1) is 0 Å². The molecule has 1 amide bonds. The maximum absolute atomic E-state index is 12.1. The lowest BCUT2D eigenvalue weighted by atomic mass is 9.97. The zero-order chi connectivity index (χ0) is 18.4. The minimum atomic E-state index is -0.433. The number of carbonyl (C=O) groups is 1. The standard InChI is InChI=1S/C18H36N4O2/c1-8-19-15(21-17(2,3)4)20-13-14-9-11-22(12-10-14)16(23)24-18(5,6)7/h14H,8-13H2,1-7H3,(H2,19,20,21). The molecule has 0 spiro atoms. The lowest BCUT2D eigenvalue weighted by Gasteiger charge is -2.33. The number of aliphatic imine (C=N–C) groups is 1. The number of likely N-dealkylation sites (tertiary alicyclic amines) is 1. The zero-order valence-corrected chi connectivity index (χ0v) is 16.5. The molecule has 0 radical (unpaired) electrons. The van der Waals surface area contributed by atoms with E-state index >= 15 is 0 Å². The minimum Gasteiger partial charge on any atom is -0.444 e. The maximum Gasteiger partial charge on any atom is 0.410 e. The molecule has 24 heavy (non-hydrogen) atoms. The quantitative estimate of drug-likeness (QED) is 0.612. The van der Waals surface area contributed by atoms with Crippen LogP contribution in [0.3, 0.4) is 0 Å². The van der Waals surface area contributed by atoms with E-state index in [1.165, 1.54) is 0 Å². The van der Waals surface area contributed by atoms with Gasteiger partial charge in [-0.1, -0.05) is 0 Å². The lowest BCUT2D eigenvalue weighted by molar-refractivity contribution is 0.0187. The summed E-state index contributed by atoms with van der Waals surface area (Å²) in [5.41, 5.74) is -0.446. The van der Waals surface area contributed by atoms with Crippen molar-refractivity contribution in [1.82, 2.24) is 15.5 Å². The van der Waals surface area contributed by atoms with Crippen LogP contribution >= 0.6 is 0 Å². The smallest absolute Gasteiger partial charge is 0.410 e. The third-order valence-electron chi connectivity index (χ3n) is 3.61. The molecule has 0 aromatic carbocycles. The number of hydrogen-bond donors (Lipinski definition) is 2. The first-order valence-corrected chi connectivity index (χ1v) is 9.04. The fourth-order valence-corrected chi connectivity index (χ4v) is 2.51. The van der Waals surface area contributed by atoms with E-state index in [2.05, 4.69) is 38.3 Å². The summed E-state index contributed by atoms with van der Waals surface area (Å²) in [6.45, 7) is 17.3. The van der Waals surface area contributed by atoms with Gasteiger partial charge in [0.15, 0.2) is 5.96 Å². The van der Waals surface area contributed by atoms with Crippen LogP contribution in [-0.2, 0) is 4.74 Å². The van der Waals surface area contributed by atoms with Crippen molar-refractivity contribution in [3.05, 3.63) is 0 Å². The largest absolute Gasteiger partial charge is 0.444 e. The Hall–Kier alpha value is -1.46. The van der Waals surface area contributed by atoms with Gasteiger partial charge in [-0.3, -0.25) is 4.99 Å². The number of carbonyl (C=O) groups excluding carboxylic acids is 1. The number of nitrogens with zero attached hydrogens (tertiary/aromatic N) is 2. The van der Waals surface area contributed by atoms with Crippen LogP contribution < -0.4 is 10.6 Å². The highest BCUT2D eigenvalue weighted by atomic mass is 16.6. The average molecular weight is 341 g/mol. The second kappa shape index (κ2) is 8.58. The van der Waals surface area contributed by atoms with Gasteiger partial charge in [-0.25, -0.2) is 4.79 Å². The summed E-state index contributed by atoms with van der Waals surface area (Å²) in [4.78, 5) is 18.6. The van der Waals surface area contributed by atoms with Crippen molar-refractivity contribution < 1.29 is 9.53 Å². The molecule has 1 fully saturated rings. The van der Waals surface area contributed by atoms with E-state index in [4.69, 9.17) is 9.73 Å². The molecule has 140 valence electrons. The molecule has 0 bridgehead atoms. The second-order valence-corrected chi connectivity index (χ2v) is 8.51. The fourth-order valence-electron chi connectivity index (χ4n) is 2.51. The maximum atomic E-state index is 12.1. The van der Waals surface area contributed by atoms with Crippen molar-refractivity contribution in [2.45, 2.75) is 72.4 Å². The Bertz CT molecular complexity index is 427. The third kappa shape index (κ3) is 8.41. The Labute approximate surface area is 147 Å². The summed E-state index contributed by atoms with van der Waals surface area (Å²) >= 11 is 0. The van der Waals surface area contributed by atoms with E-state index in [9.17, 15) is 4.79 Å². The Kier molecular flexibility index (Phi) is 7.36. The van der Waals surface area contributed by atoms with Crippen LogP contribution in [0, 0.1) is 5.92 Å². The molecule has 1 aliphatic heterocycles. The Morgan fingerprint density at radius 2 is 1.75 bits per heavy atom. The van der Waals surface area contributed by atoms with E-state index in [-0.39, 0.29) is 11.6 Å². The molecule has 1 saturated heterocycles. The molecule has 1 rings (SSSR count). The van der Waals surface area contributed by atoms with Crippen LogP contribution in [0.15, 0.2) is 4.99 Å². The van der Waals surface area contributed by atoms with Crippen molar-refractivity contribution in [1.29, 1.82) is 0 Å². The third-order valence-corrected chi connectivity index (χ3v) is 3.61. The first-order chi connectivity index (χ1) is 11.0. The van der Waals surface area contributed by atoms with E-state index in [0.29, 0.717) is 5.92 Å². The minimum absolute atomic E-state index is 0.0128. The highest BCUT2D eigenvalue weighted by Gasteiger charge is 2.26. The van der Waals surface area contributed by atoms with Crippen LogP contribution in [0.25, 0.3) is 0 Å². The molecule has 1 heterocycles. The number of hydrogen-bond acceptors (Lipinski definition) is 3. The van der Waals surface area contributed by atoms with Gasteiger partial charge in [0.1, 0.15) is 5.60 Å². The van der Waals surface area contributed by atoms with Gasteiger partial charge in [-0.2, -0.15) is 0 Å². The molecule has 0 atom stereocenters. The summed E-state index contributed by atoms with van der Waals surface area (Å²) in [6, 6.07) is 0. The summed E-state index contributed by atoms with van der Waals surface area (Å²) in [5, 5.41) is 6.69. The van der Waals surface area contributed by atoms with Gasteiger partial charge >= 0.3 is 6.09 Å². The molecule has 6 nitrogen and oxygen atoms in total. The molecule has 2 N–H and O–H groups in total. The average Bonchev–Trinajstić information content (AvgIpc) is 2.42. The lowest BCUT2D eigenvalue weighted by Crippen LogP contribution is -2.48. The van der Waals surface area contributed by atoms with Gasteiger partial charge in [-0.15, -0.1) is 0 Å². The number of rotatable bonds is 3. The summed E-state index contributed by atoms with van der Waals surface area (Å²) in [5.74, 6) is 1.37. The summed E-state index contributed by atoms with van der Waals surface area (Å²) in [6.07, 6.45) is 1.74. The van der Waals surface area contributed by atoms with Crippen molar-refractivity contribution in [2.24, 2.45) is 10.9 Å². The highest BCUT2D eigenvalue weighted by molar-refractivity contribution is 5.80. The number of nitrogens with one attached hydrogen (secondary N) is 2. The van der Waals surface area contributed by atoms with Crippen LogP contribution in [0.5, 0.6) is 0 Å². The van der Waals surface area contributed by atoms with Crippen LogP contribution in [-0.4, -0.2) is 54.3 Å². The summed E-state index contributed by atoms with van der Waals surface area (Å²) in [7, 11) is 0. The molecular formula is C18H36N4O2. The van der Waals surface area contributed by atoms with Gasteiger partial charge in [0, 0.05) is 31.7 Å². The molecule has 0 aromatic rings. The molecule has 0 unspecified atom stereocenters. The molecule has 0 aliphatic carbocycles. The van der Waals surface area contributed by atoms with E-state index in [0.717, 1.165) is 45.0 Å². The molecule has 0 aromatic heterocycles. The van der Waals surface area contributed by atoms with Crippen molar-refractivity contribution in [3.63, 3.8) is 0 Å². The molecule has 0 saturated carbocycles. The predicted molar refractivity (Wildman–Crippen MR) is 99.4 cm³/mol. The van der Waals surface area contributed by atoms with Gasteiger partial charge < -0.3 is 20.3 Å². The molecular weight excluding hydrogens is 304 g/mol. The van der Waals surface area contributed by atoms with Gasteiger partial charge in [0.2, 0.25) is 0 Å². The number of amides is 1. The monoisotopic (exact) mass is 340 g/mol. The van der Waals surface area contributed by atoms with Crippen molar-refractivity contribution in [2.75, 3.05) is 26.2 Å². The normalized spacial score (nSPS) is 17.6. The van der Waals surface area contributed by atoms with Crippen LogP contribution in [0.2, 0.25) is 0 Å². The Balaban J connectivity index is 2.47. The van der Waals surface area contributed by atoms with Gasteiger partial charge in [0.25, 0.3) is 0 Å². The number of piperidine rings is 1. The van der Waals surface area contributed by atoms with Crippen molar-refractivity contribution in [3.8, 4) is 0 Å².